The van der Waals surface area contributed by atoms with Crippen LogP contribution in [0.3, 0.4) is 0 Å². The van der Waals surface area contributed by atoms with Gasteiger partial charge in [-0.25, -0.2) is 0 Å². The molecule has 0 bridgehead atoms. The van der Waals surface area contributed by atoms with Crippen LogP contribution in [0.4, 0.5) is 0 Å². The first kappa shape index (κ1) is 43.4. The molecule has 1 aromatic heterocycles. The van der Waals surface area contributed by atoms with E-state index in [1.165, 1.54) is 68.8 Å². The Balaban J connectivity index is 0.000000309. The fourth-order valence-electron chi connectivity index (χ4n) is 9.09. The second kappa shape index (κ2) is 16.8. The molecule has 54 heavy (non-hydrogen) atoms. The number of carbonyl (C=O) groups excluding carboxylic acids is 1. The number of aliphatic hydroxyl groups is 1. The Morgan fingerprint density at radius 1 is 0.778 bits per heavy atom. The summed E-state index contributed by atoms with van der Waals surface area (Å²) in [5.41, 5.74) is 6.16. The molecule has 1 aliphatic carbocycles. The molecule has 1 N–H and O–H groups in total. The summed E-state index contributed by atoms with van der Waals surface area (Å²) in [7, 11) is 0. The number of fused-ring (bicyclic) bond motifs is 5. The second-order valence-corrected chi connectivity index (χ2v) is 18.3. The van der Waals surface area contributed by atoms with E-state index in [4.69, 9.17) is 4.98 Å². The molecule has 0 spiro atoms. The number of carbonyl (C=O) groups is 1. The Morgan fingerprint density at radius 3 is 1.91 bits per heavy atom. The van der Waals surface area contributed by atoms with Gasteiger partial charge in [-0.1, -0.05) is 126 Å². The van der Waals surface area contributed by atoms with Crippen molar-refractivity contribution in [3.05, 3.63) is 101 Å². The quantitative estimate of drug-likeness (QED) is 0.0694. The van der Waals surface area contributed by atoms with Gasteiger partial charge in [-0.05, 0) is 111 Å². The minimum Gasteiger partial charge on any atom is -0.512 e. The Bertz CT molecular complexity index is 2110. The van der Waals surface area contributed by atoms with Crippen molar-refractivity contribution >= 4 is 38.1 Å². The van der Waals surface area contributed by atoms with Crippen molar-refractivity contribution < 1.29 is 30.0 Å². The van der Waals surface area contributed by atoms with Gasteiger partial charge in [-0.15, -0.1) is 34.9 Å². The van der Waals surface area contributed by atoms with Crippen LogP contribution in [0.15, 0.2) is 78.7 Å². The van der Waals surface area contributed by atoms with E-state index in [1.54, 1.807) is 0 Å². The van der Waals surface area contributed by atoms with Crippen LogP contribution < -0.4 is 0 Å². The van der Waals surface area contributed by atoms with E-state index in [1.807, 2.05) is 47.7 Å². The van der Waals surface area contributed by atoms with E-state index in [0.717, 1.165) is 42.5 Å². The Labute approximate surface area is 339 Å². The molecule has 0 aliphatic heterocycles. The molecule has 291 valence electrons. The molecule has 0 saturated heterocycles. The van der Waals surface area contributed by atoms with E-state index < -0.39 is 0 Å². The minimum atomic E-state index is -0.337. The third-order valence-corrected chi connectivity index (χ3v) is 12.8. The summed E-state index contributed by atoms with van der Waals surface area (Å²) in [5, 5.41) is 17.9. The maximum absolute atomic E-state index is 12.2. The van der Waals surface area contributed by atoms with Crippen LogP contribution in [0.2, 0.25) is 0 Å². The molecule has 4 heteroatoms. The largest absolute Gasteiger partial charge is 0.512 e. The summed E-state index contributed by atoms with van der Waals surface area (Å²) in [4.78, 5) is 17.0. The SMILES string of the molecule is CCC(C)(CC)C(=O)/C=C(\O)C(C)(CC)CC.Cc1[c-]c(-c2nccc3c2ccc2c4ccc(C5CC(C)(C)CC(C)(C)C5)cc4ccc32)cc(C)c1.[Ir]. The van der Waals surface area contributed by atoms with Crippen molar-refractivity contribution in [2.24, 2.45) is 21.7 Å². The van der Waals surface area contributed by atoms with Crippen LogP contribution in [0, 0.1) is 41.6 Å². The Morgan fingerprint density at radius 2 is 1.31 bits per heavy atom. The number of hydrogen-bond donors (Lipinski definition) is 1. The van der Waals surface area contributed by atoms with Gasteiger partial charge >= 0.3 is 0 Å². The number of ketones is 1. The molecular formula is C50H64IrNO2-. The zero-order valence-electron chi connectivity index (χ0n) is 35.1. The van der Waals surface area contributed by atoms with Crippen LogP contribution in [-0.4, -0.2) is 15.9 Å². The first-order valence-electron chi connectivity index (χ1n) is 20.1. The molecule has 0 amide bonds. The van der Waals surface area contributed by atoms with Gasteiger partial charge in [0, 0.05) is 43.2 Å². The summed E-state index contributed by atoms with van der Waals surface area (Å²) in [6, 6.07) is 26.5. The van der Waals surface area contributed by atoms with Gasteiger partial charge in [0.25, 0.3) is 0 Å². The van der Waals surface area contributed by atoms with Crippen LogP contribution in [-0.2, 0) is 24.9 Å². The molecule has 1 aliphatic rings. The van der Waals surface area contributed by atoms with Gasteiger partial charge < -0.3 is 10.1 Å². The summed E-state index contributed by atoms with van der Waals surface area (Å²) >= 11 is 0. The van der Waals surface area contributed by atoms with Crippen molar-refractivity contribution in [2.45, 2.75) is 134 Å². The number of allylic oxidation sites excluding steroid dienone is 2. The molecule has 4 aromatic carbocycles. The molecule has 1 radical (unpaired) electrons. The molecule has 1 fully saturated rings. The van der Waals surface area contributed by atoms with Crippen molar-refractivity contribution in [2.75, 3.05) is 0 Å². The standard InChI is InChI=1S/C35H36N.C15H28O2.Ir/c1-22-15-23(2)17-26(16-22)33-32-12-11-29-28-9-7-24(27-19-34(3,4)21-35(5,6)20-27)18-25(28)8-10-30(29)31(32)13-14-36-33;1-7-14(5,8-2)12(16)11-13(17)15(6,9-3)10-4;/h7-16,18,27H,19-21H2,1-6H3;11,16H,7-10H2,1-6H3;/q-1;;/b;12-11-;. The van der Waals surface area contributed by atoms with Crippen molar-refractivity contribution in [3.63, 3.8) is 0 Å². The van der Waals surface area contributed by atoms with Crippen LogP contribution >= 0.6 is 0 Å². The predicted molar refractivity (Wildman–Crippen MR) is 228 cm³/mol. The van der Waals surface area contributed by atoms with Gasteiger partial charge in [-0.3, -0.25) is 4.79 Å². The smallest absolute Gasteiger partial charge is 0.164 e. The average Bonchev–Trinajstić information content (AvgIpc) is 3.11. The number of rotatable bonds is 9. The molecule has 3 nitrogen and oxygen atoms in total. The fraction of sp³-hybridized carbons (Fsp3) is 0.480. The minimum absolute atomic E-state index is 0. The van der Waals surface area contributed by atoms with Crippen molar-refractivity contribution in [3.8, 4) is 11.3 Å². The van der Waals surface area contributed by atoms with Gasteiger partial charge in [0.05, 0.1) is 0 Å². The second-order valence-electron chi connectivity index (χ2n) is 18.3. The Kier molecular flexibility index (Phi) is 13.5. The van der Waals surface area contributed by atoms with E-state index in [-0.39, 0.29) is 42.5 Å². The molecule has 0 atom stereocenters. The van der Waals surface area contributed by atoms with E-state index in [2.05, 4.69) is 108 Å². The number of nitrogens with zero attached hydrogens (tertiary/aromatic N) is 1. The number of aliphatic hydroxyl groups excluding tert-OH is 1. The first-order valence-corrected chi connectivity index (χ1v) is 20.1. The van der Waals surface area contributed by atoms with E-state index >= 15 is 0 Å². The third-order valence-electron chi connectivity index (χ3n) is 12.8. The van der Waals surface area contributed by atoms with Gasteiger partial charge in [0.15, 0.2) is 5.78 Å². The summed E-state index contributed by atoms with van der Waals surface area (Å²) in [5.74, 6) is 0.914. The normalized spacial score (nSPS) is 16.2. The zero-order valence-corrected chi connectivity index (χ0v) is 37.5. The average molecular weight is 903 g/mol. The number of hydrogen-bond acceptors (Lipinski definition) is 3. The molecule has 5 aromatic rings. The van der Waals surface area contributed by atoms with Gasteiger partial charge in [0.2, 0.25) is 0 Å². The molecule has 1 saturated carbocycles. The Hall–Kier alpha value is -3.33. The van der Waals surface area contributed by atoms with Gasteiger partial charge in [0.1, 0.15) is 5.76 Å². The topological polar surface area (TPSA) is 50.2 Å². The number of pyridine rings is 1. The monoisotopic (exact) mass is 903 g/mol. The summed E-state index contributed by atoms with van der Waals surface area (Å²) in [6.07, 6.45) is 10.5. The third kappa shape index (κ3) is 9.20. The van der Waals surface area contributed by atoms with Crippen LogP contribution in [0.1, 0.15) is 137 Å². The molecule has 1 heterocycles. The molecule has 6 rings (SSSR count). The fourth-order valence-corrected chi connectivity index (χ4v) is 9.09. The van der Waals surface area contributed by atoms with Gasteiger partial charge in [-0.2, -0.15) is 0 Å². The first-order chi connectivity index (χ1) is 24.9. The van der Waals surface area contributed by atoms with E-state index in [0.29, 0.717) is 16.7 Å². The van der Waals surface area contributed by atoms with Crippen LogP contribution in [0.5, 0.6) is 0 Å². The van der Waals surface area contributed by atoms with Crippen molar-refractivity contribution in [1.29, 1.82) is 0 Å². The zero-order chi connectivity index (χ0) is 38.9. The number of aromatic nitrogens is 1. The predicted octanol–water partition coefficient (Wildman–Crippen LogP) is 14.6. The molecular weight excluding hydrogens is 839 g/mol. The summed E-state index contributed by atoms with van der Waals surface area (Å²) < 4.78 is 0. The van der Waals surface area contributed by atoms with Crippen molar-refractivity contribution in [1.82, 2.24) is 4.98 Å². The maximum Gasteiger partial charge on any atom is 0.164 e. The maximum atomic E-state index is 12.2. The van der Waals surface area contributed by atoms with E-state index in [9.17, 15) is 9.90 Å². The van der Waals surface area contributed by atoms with Crippen LogP contribution in [0.25, 0.3) is 43.6 Å². The summed E-state index contributed by atoms with van der Waals surface area (Å²) in [6.45, 7) is 26.1. The number of aryl methyl sites for hydroxylation is 2. The number of benzene rings is 4. The molecule has 0 unspecified atom stereocenters.